The number of rotatable bonds is 6. The van der Waals surface area contributed by atoms with Crippen LogP contribution in [-0.2, 0) is 9.59 Å². The first-order valence-corrected chi connectivity index (χ1v) is 9.62. The molecule has 0 radical (unpaired) electrons. The number of hydrogen-bond acceptors (Lipinski definition) is 4. The zero-order valence-electron chi connectivity index (χ0n) is 14.9. The summed E-state index contributed by atoms with van der Waals surface area (Å²) in [5.41, 5.74) is 0.867. The van der Waals surface area contributed by atoms with Crippen LogP contribution >= 0.6 is 11.8 Å². The first kappa shape index (κ1) is 19.1. The summed E-state index contributed by atoms with van der Waals surface area (Å²) >= 11 is 1.28. The van der Waals surface area contributed by atoms with Crippen molar-refractivity contribution in [3.8, 4) is 0 Å². The second kappa shape index (κ2) is 8.81. The number of amidine groups is 1. The Hall–Kier alpha value is -2.67. The van der Waals surface area contributed by atoms with Crippen molar-refractivity contribution in [2.24, 2.45) is 4.99 Å². The number of benzene rings is 2. The highest BCUT2D eigenvalue weighted by molar-refractivity contribution is 8.15. The van der Waals surface area contributed by atoms with E-state index in [0.717, 1.165) is 12.1 Å². The van der Waals surface area contributed by atoms with Crippen LogP contribution < -0.4 is 5.32 Å². The summed E-state index contributed by atoms with van der Waals surface area (Å²) in [6.07, 6.45) is 0.750. The van der Waals surface area contributed by atoms with Gasteiger partial charge in [0, 0.05) is 13.0 Å². The number of nitrogens with zero attached hydrogens (tertiary/aromatic N) is 2. The molecule has 1 atom stereocenters. The van der Waals surface area contributed by atoms with E-state index < -0.39 is 17.0 Å². The molecule has 1 N–H and O–H groups in total. The largest absolute Gasteiger partial charge is 0.324 e. The Balaban J connectivity index is 1.72. The average Bonchev–Trinajstić information content (AvgIpc) is 2.93. The van der Waals surface area contributed by atoms with Gasteiger partial charge in [0.2, 0.25) is 11.8 Å². The number of aliphatic imine (C=N–C) groups is 1. The van der Waals surface area contributed by atoms with Crippen LogP contribution in [0.1, 0.15) is 19.8 Å². The summed E-state index contributed by atoms with van der Waals surface area (Å²) in [7, 11) is 0. The third-order valence-electron chi connectivity index (χ3n) is 3.97. The Morgan fingerprint density at radius 3 is 2.59 bits per heavy atom. The van der Waals surface area contributed by atoms with Crippen molar-refractivity contribution in [3.63, 3.8) is 0 Å². The first-order valence-electron chi connectivity index (χ1n) is 8.74. The SMILES string of the molecule is CCCN1C(=O)[C@@H](CC(=O)Nc2ccccc2F)SC1=Nc1ccccc1. The molecule has 0 aliphatic carbocycles. The Labute approximate surface area is 161 Å². The summed E-state index contributed by atoms with van der Waals surface area (Å²) in [4.78, 5) is 31.2. The second-order valence-corrected chi connectivity index (χ2v) is 7.23. The number of nitrogens with one attached hydrogen (secondary N) is 1. The molecule has 0 unspecified atom stereocenters. The molecule has 0 spiro atoms. The molecule has 3 rings (SSSR count). The number of anilines is 1. The van der Waals surface area contributed by atoms with Crippen molar-refractivity contribution < 1.29 is 14.0 Å². The van der Waals surface area contributed by atoms with E-state index in [9.17, 15) is 14.0 Å². The summed E-state index contributed by atoms with van der Waals surface area (Å²) in [5.74, 6) is -1.04. The molecule has 1 aliphatic rings. The molecule has 1 heterocycles. The quantitative estimate of drug-likeness (QED) is 0.811. The van der Waals surface area contributed by atoms with Crippen LogP contribution in [-0.4, -0.2) is 33.7 Å². The molecule has 5 nitrogen and oxygen atoms in total. The minimum absolute atomic E-state index is 0.0359. The average molecular weight is 385 g/mol. The van der Waals surface area contributed by atoms with Crippen molar-refractivity contribution >= 4 is 40.1 Å². The Kier molecular flexibility index (Phi) is 6.24. The maximum Gasteiger partial charge on any atom is 0.242 e. The first-order chi connectivity index (χ1) is 13.1. The summed E-state index contributed by atoms with van der Waals surface area (Å²) in [5, 5.41) is 2.56. The van der Waals surface area contributed by atoms with E-state index in [1.807, 2.05) is 37.3 Å². The van der Waals surface area contributed by atoms with E-state index in [0.29, 0.717) is 11.7 Å². The minimum Gasteiger partial charge on any atom is -0.324 e. The molecular weight excluding hydrogens is 365 g/mol. The lowest BCUT2D eigenvalue weighted by molar-refractivity contribution is -0.128. The number of thioether (sulfide) groups is 1. The Morgan fingerprint density at radius 2 is 1.89 bits per heavy atom. The summed E-state index contributed by atoms with van der Waals surface area (Å²) in [6.45, 7) is 2.53. The Bertz CT molecular complexity index is 857. The maximum absolute atomic E-state index is 13.7. The summed E-state index contributed by atoms with van der Waals surface area (Å²) in [6, 6.07) is 15.3. The van der Waals surface area contributed by atoms with Gasteiger partial charge in [0.15, 0.2) is 5.17 Å². The fourth-order valence-corrected chi connectivity index (χ4v) is 3.88. The lowest BCUT2D eigenvalue weighted by Gasteiger charge is -2.15. The van der Waals surface area contributed by atoms with Gasteiger partial charge in [-0.05, 0) is 30.7 Å². The fraction of sp³-hybridized carbons (Fsp3) is 0.250. The van der Waals surface area contributed by atoms with Gasteiger partial charge >= 0.3 is 0 Å². The van der Waals surface area contributed by atoms with Crippen LogP contribution in [0, 0.1) is 5.82 Å². The number of amides is 2. The highest BCUT2D eigenvalue weighted by Crippen LogP contribution is 2.32. The lowest BCUT2D eigenvalue weighted by Crippen LogP contribution is -2.34. The second-order valence-electron chi connectivity index (χ2n) is 6.06. The molecule has 0 saturated carbocycles. The zero-order valence-corrected chi connectivity index (χ0v) is 15.7. The predicted octanol–water partition coefficient (Wildman–Crippen LogP) is 4.20. The molecule has 1 aliphatic heterocycles. The molecule has 2 aromatic carbocycles. The van der Waals surface area contributed by atoms with Gasteiger partial charge in [0.1, 0.15) is 11.1 Å². The van der Waals surface area contributed by atoms with Crippen molar-refractivity contribution in [1.82, 2.24) is 4.90 Å². The molecule has 7 heteroatoms. The van der Waals surface area contributed by atoms with Gasteiger partial charge < -0.3 is 5.32 Å². The smallest absolute Gasteiger partial charge is 0.242 e. The molecule has 0 aromatic heterocycles. The van der Waals surface area contributed by atoms with Crippen LogP contribution in [0.15, 0.2) is 59.6 Å². The fourth-order valence-electron chi connectivity index (χ4n) is 2.70. The van der Waals surface area contributed by atoms with Crippen LogP contribution in [0.4, 0.5) is 15.8 Å². The van der Waals surface area contributed by atoms with E-state index in [2.05, 4.69) is 10.3 Å². The molecule has 1 saturated heterocycles. The van der Waals surface area contributed by atoms with Gasteiger partial charge in [-0.15, -0.1) is 0 Å². The van der Waals surface area contributed by atoms with Gasteiger partial charge in [-0.25, -0.2) is 9.38 Å². The number of carbonyl (C=O) groups is 2. The summed E-state index contributed by atoms with van der Waals surface area (Å²) < 4.78 is 13.7. The van der Waals surface area contributed by atoms with Crippen molar-refractivity contribution in [2.45, 2.75) is 25.0 Å². The van der Waals surface area contributed by atoms with Crippen molar-refractivity contribution in [3.05, 3.63) is 60.4 Å². The Morgan fingerprint density at radius 1 is 1.19 bits per heavy atom. The highest BCUT2D eigenvalue weighted by atomic mass is 32.2. The monoisotopic (exact) mass is 385 g/mol. The van der Waals surface area contributed by atoms with Crippen LogP contribution in [0.3, 0.4) is 0 Å². The number of halogens is 1. The van der Waals surface area contributed by atoms with Gasteiger partial charge in [-0.2, -0.15) is 0 Å². The topological polar surface area (TPSA) is 61.8 Å². The van der Waals surface area contributed by atoms with Crippen molar-refractivity contribution in [1.29, 1.82) is 0 Å². The van der Waals surface area contributed by atoms with Gasteiger partial charge in [0.25, 0.3) is 0 Å². The van der Waals surface area contributed by atoms with E-state index in [4.69, 9.17) is 0 Å². The third-order valence-corrected chi connectivity index (χ3v) is 5.14. The van der Waals surface area contributed by atoms with Crippen LogP contribution in [0.25, 0.3) is 0 Å². The molecule has 2 aromatic rings. The van der Waals surface area contributed by atoms with Gasteiger partial charge in [-0.3, -0.25) is 14.5 Å². The zero-order chi connectivity index (χ0) is 19.2. The molecular formula is C20H20FN3O2S. The van der Waals surface area contributed by atoms with Gasteiger partial charge in [-0.1, -0.05) is 49.0 Å². The van der Waals surface area contributed by atoms with Crippen molar-refractivity contribution in [2.75, 3.05) is 11.9 Å². The van der Waals surface area contributed by atoms with E-state index in [1.54, 1.807) is 17.0 Å². The minimum atomic E-state index is -0.564. The molecule has 27 heavy (non-hydrogen) atoms. The number of carbonyl (C=O) groups excluding carboxylic acids is 2. The van der Waals surface area contributed by atoms with E-state index in [1.165, 1.54) is 23.9 Å². The van der Waals surface area contributed by atoms with Crippen LogP contribution in [0.2, 0.25) is 0 Å². The molecule has 0 bridgehead atoms. The molecule has 1 fully saturated rings. The lowest BCUT2D eigenvalue weighted by atomic mass is 10.2. The standard InChI is InChI=1S/C20H20FN3O2S/c1-2-12-24-19(26)17(27-20(24)22-14-8-4-3-5-9-14)13-18(25)23-16-11-7-6-10-15(16)21/h3-11,17H,2,12-13H2,1H3,(H,23,25)/t17-/m1/s1. The van der Waals surface area contributed by atoms with E-state index >= 15 is 0 Å². The van der Waals surface area contributed by atoms with Crippen LogP contribution in [0.5, 0.6) is 0 Å². The number of para-hydroxylation sites is 2. The molecule has 2 amide bonds. The molecule has 140 valence electrons. The predicted molar refractivity (Wildman–Crippen MR) is 107 cm³/mol. The number of hydrogen-bond donors (Lipinski definition) is 1. The van der Waals surface area contributed by atoms with Gasteiger partial charge in [0.05, 0.1) is 11.4 Å². The normalized spacial score (nSPS) is 18.1. The maximum atomic E-state index is 13.7. The van der Waals surface area contributed by atoms with E-state index in [-0.39, 0.29) is 18.0 Å². The third kappa shape index (κ3) is 4.74. The highest BCUT2D eigenvalue weighted by Gasteiger charge is 2.38.